The van der Waals surface area contributed by atoms with Gasteiger partial charge in [0.2, 0.25) is 0 Å². The Labute approximate surface area is 111 Å². The van der Waals surface area contributed by atoms with E-state index in [-0.39, 0.29) is 16.5 Å². The van der Waals surface area contributed by atoms with Gasteiger partial charge in [-0.2, -0.15) is 13.2 Å². The van der Waals surface area contributed by atoms with E-state index in [1.54, 1.807) is 0 Å². The minimum atomic E-state index is -4.47. The molecule has 2 aromatic rings. The zero-order chi connectivity index (χ0) is 15.1. The molecule has 1 aromatic heterocycles. The van der Waals surface area contributed by atoms with Gasteiger partial charge in [-0.25, -0.2) is 4.79 Å². The first-order valence-electron chi connectivity index (χ1n) is 5.54. The number of halogens is 3. The van der Waals surface area contributed by atoms with Crippen molar-refractivity contribution in [2.75, 3.05) is 7.11 Å². The fourth-order valence-electron chi connectivity index (χ4n) is 1.94. The van der Waals surface area contributed by atoms with Crippen LogP contribution in [0.5, 0.6) is 0 Å². The van der Waals surface area contributed by atoms with Crippen LogP contribution in [-0.4, -0.2) is 23.4 Å². The van der Waals surface area contributed by atoms with Gasteiger partial charge in [0.15, 0.2) is 0 Å². The molecule has 0 N–H and O–H groups in total. The van der Waals surface area contributed by atoms with Crippen molar-refractivity contribution in [1.29, 1.82) is 0 Å². The molecule has 1 heterocycles. The van der Waals surface area contributed by atoms with Crippen LogP contribution in [0.15, 0.2) is 24.4 Å². The van der Waals surface area contributed by atoms with Gasteiger partial charge in [0, 0.05) is 24.1 Å². The molecule has 0 unspecified atom stereocenters. The highest BCUT2D eigenvalue weighted by molar-refractivity contribution is 6.43. The van der Waals surface area contributed by atoms with Crippen LogP contribution in [0.3, 0.4) is 0 Å². The lowest BCUT2D eigenvalue weighted by molar-refractivity contribution is -0.137. The number of carbonyl (C=O) groups is 2. The fraction of sp³-hybridized carbons (Fsp3) is 0.231. The number of aromatic nitrogens is 1. The maximum Gasteiger partial charge on any atom is 0.416 e. The normalized spacial score (nSPS) is 11.7. The lowest BCUT2D eigenvalue weighted by Crippen LogP contribution is -2.15. The van der Waals surface area contributed by atoms with Gasteiger partial charge in [-0.15, -0.1) is 0 Å². The molecule has 0 atom stereocenters. The average Bonchev–Trinajstić information content (AvgIpc) is 2.73. The largest absolute Gasteiger partial charge is 0.463 e. The first kappa shape index (κ1) is 14.1. The van der Waals surface area contributed by atoms with Crippen molar-refractivity contribution in [3.8, 4) is 0 Å². The second-order valence-corrected chi connectivity index (χ2v) is 4.20. The summed E-state index contributed by atoms with van der Waals surface area (Å²) in [6.07, 6.45) is -3.16. The van der Waals surface area contributed by atoms with Crippen LogP contribution < -0.4 is 0 Å². The number of hydrogen-bond donors (Lipinski definition) is 0. The molecule has 0 radical (unpaired) electrons. The van der Waals surface area contributed by atoms with E-state index in [2.05, 4.69) is 4.74 Å². The van der Waals surface area contributed by atoms with Gasteiger partial charge >= 0.3 is 12.1 Å². The van der Waals surface area contributed by atoms with Crippen molar-refractivity contribution in [3.05, 3.63) is 35.5 Å². The molecule has 2 rings (SSSR count). The number of Topliss-reactive ketones (excluding diaryl/α,β-unsaturated/α-hetero) is 1. The first-order valence-corrected chi connectivity index (χ1v) is 5.54. The van der Waals surface area contributed by atoms with E-state index in [1.165, 1.54) is 23.9 Å². The van der Waals surface area contributed by atoms with Crippen molar-refractivity contribution in [3.63, 3.8) is 0 Å². The standard InChI is InChI=1S/C13H10F3NO3/c1-17-6-9(11(18)12(19)20-2)8-4-3-7(5-10(8)17)13(14,15)16/h3-6H,1-2H3. The quantitative estimate of drug-likeness (QED) is 0.484. The molecule has 7 heteroatoms. The molecule has 106 valence electrons. The average molecular weight is 285 g/mol. The molecule has 0 saturated heterocycles. The van der Waals surface area contributed by atoms with Gasteiger partial charge in [0.1, 0.15) is 0 Å². The smallest absolute Gasteiger partial charge is 0.416 e. The Kier molecular flexibility index (Phi) is 3.29. The third-order valence-electron chi connectivity index (χ3n) is 2.93. The Morgan fingerprint density at radius 3 is 2.45 bits per heavy atom. The molecule has 4 nitrogen and oxygen atoms in total. The van der Waals surface area contributed by atoms with Gasteiger partial charge < -0.3 is 9.30 Å². The number of ether oxygens (including phenoxy) is 1. The van der Waals surface area contributed by atoms with E-state index in [1.807, 2.05) is 0 Å². The summed E-state index contributed by atoms with van der Waals surface area (Å²) in [7, 11) is 2.56. The molecule has 0 aliphatic heterocycles. The molecule has 1 aromatic carbocycles. The molecule has 0 aliphatic carbocycles. The second-order valence-electron chi connectivity index (χ2n) is 4.20. The number of alkyl halides is 3. The maximum atomic E-state index is 12.6. The summed E-state index contributed by atoms with van der Waals surface area (Å²) in [5.74, 6) is -1.95. The van der Waals surface area contributed by atoms with E-state index < -0.39 is 23.5 Å². The third kappa shape index (κ3) is 2.26. The number of nitrogens with zero attached hydrogens (tertiary/aromatic N) is 1. The molecular weight excluding hydrogens is 275 g/mol. The zero-order valence-electron chi connectivity index (χ0n) is 10.6. The summed E-state index contributed by atoms with van der Waals surface area (Å²) in [6, 6.07) is 2.98. The summed E-state index contributed by atoms with van der Waals surface area (Å²) >= 11 is 0. The zero-order valence-corrected chi connectivity index (χ0v) is 10.6. The number of carbonyl (C=O) groups excluding carboxylic acids is 2. The number of hydrogen-bond acceptors (Lipinski definition) is 3. The summed E-state index contributed by atoms with van der Waals surface area (Å²) in [5.41, 5.74) is -0.585. The van der Waals surface area contributed by atoms with E-state index in [0.717, 1.165) is 19.2 Å². The minimum absolute atomic E-state index is 0.0167. The van der Waals surface area contributed by atoms with Crippen LogP contribution in [0.2, 0.25) is 0 Å². The summed E-state index contributed by atoms with van der Waals surface area (Å²) in [6.45, 7) is 0. The van der Waals surface area contributed by atoms with Gasteiger partial charge in [-0.3, -0.25) is 4.79 Å². The molecular formula is C13H10F3NO3. The number of benzene rings is 1. The van der Waals surface area contributed by atoms with Crippen molar-refractivity contribution in [2.45, 2.75) is 6.18 Å². The van der Waals surface area contributed by atoms with Gasteiger partial charge in [-0.05, 0) is 12.1 Å². The van der Waals surface area contributed by atoms with Crippen LogP contribution in [0.4, 0.5) is 13.2 Å². The summed E-state index contributed by atoms with van der Waals surface area (Å²) < 4.78 is 43.6. The Morgan fingerprint density at radius 1 is 1.25 bits per heavy atom. The Morgan fingerprint density at radius 2 is 1.90 bits per heavy atom. The number of aryl methyl sites for hydroxylation is 1. The SMILES string of the molecule is COC(=O)C(=O)c1cn(C)c2cc(C(F)(F)F)ccc12. The number of esters is 1. The highest BCUT2D eigenvalue weighted by Crippen LogP contribution is 2.32. The topological polar surface area (TPSA) is 48.3 Å². The van der Waals surface area contributed by atoms with Crippen LogP contribution in [0.25, 0.3) is 10.9 Å². The number of methoxy groups -OCH3 is 1. The van der Waals surface area contributed by atoms with E-state index >= 15 is 0 Å². The molecule has 0 spiro atoms. The molecule has 0 fully saturated rings. The molecule has 0 saturated carbocycles. The van der Waals surface area contributed by atoms with E-state index in [9.17, 15) is 22.8 Å². The maximum absolute atomic E-state index is 12.6. The number of rotatable bonds is 2. The fourth-order valence-corrected chi connectivity index (χ4v) is 1.94. The Bertz CT molecular complexity index is 701. The van der Waals surface area contributed by atoms with E-state index in [4.69, 9.17) is 0 Å². The second kappa shape index (κ2) is 4.66. The predicted molar refractivity (Wildman–Crippen MR) is 64.3 cm³/mol. The number of fused-ring (bicyclic) bond motifs is 1. The highest BCUT2D eigenvalue weighted by atomic mass is 19.4. The van der Waals surface area contributed by atoms with Crippen molar-refractivity contribution in [1.82, 2.24) is 4.57 Å². The summed E-state index contributed by atoms with van der Waals surface area (Å²) in [4.78, 5) is 23.0. The van der Waals surface area contributed by atoms with Crippen molar-refractivity contribution in [2.24, 2.45) is 7.05 Å². The summed E-state index contributed by atoms with van der Waals surface area (Å²) in [5, 5.41) is 0.274. The number of ketones is 1. The Balaban J connectivity index is 2.62. The van der Waals surface area contributed by atoms with Crippen LogP contribution >= 0.6 is 0 Å². The Hall–Kier alpha value is -2.31. The monoisotopic (exact) mass is 285 g/mol. The first-order chi connectivity index (χ1) is 9.25. The van der Waals surface area contributed by atoms with Gasteiger partial charge in [0.05, 0.1) is 18.2 Å². The highest BCUT2D eigenvalue weighted by Gasteiger charge is 2.31. The molecule has 20 heavy (non-hydrogen) atoms. The van der Waals surface area contributed by atoms with Crippen LogP contribution in [0, 0.1) is 0 Å². The molecule has 0 amide bonds. The van der Waals surface area contributed by atoms with Gasteiger partial charge in [-0.1, -0.05) is 6.07 Å². The van der Waals surface area contributed by atoms with Crippen LogP contribution in [0.1, 0.15) is 15.9 Å². The lowest BCUT2D eigenvalue weighted by atomic mass is 10.1. The van der Waals surface area contributed by atoms with Crippen molar-refractivity contribution >= 4 is 22.7 Å². The van der Waals surface area contributed by atoms with Crippen molar-refractivity contribution < 1.29 is 27.5 Å². The lowest BCUT2D eigenvalue weighted by Gasteiger charge is -2.07. The third-order valence-corrected chi connectivity index (χ3v) is 2.93. The minimum Gasteiger partial charge on any atom is -0.463 e. The van der Waals surface area contributed by atoms with E-state index in [0.29, 0.717) is 0 Å². The van der Waals surface area contributed by atoms with Gasteiger partial charge in [0.25, 0.3) is 5.78 Å². The van der Waals surface area contributed by atoms with Crippen LogP contribution in [-0.2, 0) is 22.8 Å². The molecule has 0 aliphatic rings. The molecule has 0 bridgehead atoms. The predicted octanol–water partition coefficient (Wildman–Crippen LogP) is 2.55.